The van der Waals surface area contributed by atoms with Crippen molar-refractivity contribution in [3.05, 3.63) is 77.6 Å². The largest absolute Gasteiger partial charge is 0.325 e. The first kappa shape index (κ1) is 23.8. The predicted octanol–water partition coefficient (Wildman–Crippen LogP) is 4.58. The molecule has 0 saturated heterocycles. The summed E-state index contributed by atoms with van der Waals surface area (Å²) in [6.45, 7) is 4.39. The van der Waals surface area contributed by atoms with Crippen LogP contribution in [0.4, 0.5) is 8.78 Å². The number of fused-ring (bicyclic) bond motifs is 5. The Labute approximate surface area is 214 Å². The summed E-state index contributed by atoms with van der Waals surface area (Å²) in [7, 11) is -2.23. The number of hydrogen-bond acceptors (Lipinski definition) is 6. The number of hydrogen-bond donors (Lipinski definition) is 0. The van der Waals surface area contributed by atoms with Crippen molar-refractivity contribution in [3.8, 4) is 22.8 Å². The molecular formula is C27H26F2N6OS. The minimum absolute atomic E-state index is 0.138. The smallest absolute Gasteiger partial charge is 0.179 e. The van der Waals surface area contributed by atoms with E-state index in [-0.39, 0.29) is 28.5 Å². The van der Waals surface area contributed by atoms with Gasteiger partial charge in [0.05, 0.1) is 40.3 Å². The highest BCUT2D eigenvalue weighted by atomic mass is 32.2. The van der Waals surface area contributed by atoms with Gasteiger partial charge in [0.25, 0.3) is 0 Å². The van der Waals surface area contributed by atoms with Crippen molar-refractivity contribution < 1.29 is 13.0 Å². The van der Waals surface area contributed by atoms with Crippen molar-refractivity contribution in [3.63, 3.8) is 0 Å². The van der Waals surface area contributed by atoms with Gasteiger partial charge in [-0.3, -0.25) is 4.21 Å². The predicted molar refractivity (Wildman–Crippen MR) is 138 cm³/mol. The fourth-order valence-corrected chi connectivity index (χ4v) is 7.11. The molecule has 3 heterocycles. The number of imidazole rings is 1. The van der Waals surface area contributed by atoms with Crippen LogP contribution in [-0.2, 0) is 20.8 Å². The van der Waals surface area contributed by atoms with Crippen LogP contribution in [0, 0.1) is 17.0 Å². The third-order valence-electron chi connectivity index (χ3n) is 7.98. The lowest BCUT2D eigenvalue weighted by Crippen LogP contribution is -2.38. The Bertz CT molecular complexity index is 1640. The van der Waals surface area contributed by atoms with E-state index >= 15 is 0 Å². The van der Waals surface area contributed by atoms with Gasteiger partial charge in [-0.05, 0) is 69.4 Å². The highest BCUT2D eigenvalue weighted by Gasteiger charge is 2.65. The lowest BCUT2D eigenvalue weighted by molar-refractivity contribution is 0.243. The summed E-state index contributed by atoms with van der Waals surface area (Å²) in [4.78, 5) is 13.8. The number of halogens is 2. The molecule has 2 aliphatic rings. The van der Waals surface area contributed by atoms with Gasteiger partial charge < -0.3 is 4.57 Å². The van der Waals surface area contributed by atoms with E-state index in [1.165, 1.54) is 18.2 Å². The SMILES string of the molecule is C=S(C)(=O)Cn1cnc(-c2nccc([C@@]34CC[C@@H](c5cc(-c6c(F)cccc6F)nnc53)C4(C)C)n2)c1. The molecule has 0 aliphatic heterocycles. The Morgan fingerprint density at radius 3 is 2.62 bits per heavy atom. The van der Waals surface area contributed by atoms with Gasteiger partial charge in [-0.15, -0.1) is 5.10 Å². The van der Waals surface area contributed by atoms with Crippen LogP contribution in [-0.4, -0.2) is 46.1 Å². The van der Waals surface area contributed by atoms with Crippen LogP contribution in [0.5, 0.6) is 0 Å². The molecular weight excluding hydrogens is 494 g/mol. The quantitative estimate of drug-likeness (QED) is 0.358. The van der Waals surface area contributed by atoms with Crippen molar-refractivity contribution in [1.82, 2.24) is 29.7 Å². The fraction of sp³-hybridized carbons (Fsp3) is 0.333. The van der Waals surface area contributed by atoms with Crippen molar-refractivity contribution >= 4 is 15.4 Å². The summed E-state index contributed by atoms with van der Waals surface area (Å²) in [5.41, 5.74) is 2.39. The molecule has 3 aromatic heterocycles. The van der Waals surface area contributed by atoms with Crippen molar-refractivity contribution in [1.29, 1.82) is 0 Å². The van der Waals surface area contributed by atoms with E-state index in [9.17, 15) is 13.0 Å². The van der Waals surface area contributed by atoms with E-state index in [1.54, 1.807) is 35.6 Å². The maximum atomic E-state index is 14.5. The molecule has 190 valence electrons. The Morgan fingerprint density at radius 1 is 1.14 bits per heavy atom. The first-order valence-electron chi connectivity index (χ1n) is 12.0. The molecule has 2 aliphatic carbocycles. The Kier molecular flexibility index (Phi) is 5.14. The van der Waals surface area contributed by atoms with E-state index in [0.717, 1.165) is 29.8 Å². The zero-order valence-electron chi connectivity index (χ0n) is 20.8. The molecule has 1 fully saturated rings. The van der Waals surface area contributed by atoms with Crippen molar-refractivity contribution in [2.24, 2.45) is 5.41 Å². The van der Waals surface area contributed by atoms with Gasteiger partial charge in [-0.1, -0.05) is 19.9 Å². The standard InChI is InChI=1S/C27H26F2N6OS/c1-26(2)17-8-10-27(26,24-16(17)12-20(33-34-24)23-18(28)6-5-7-19(23)29)22-9-11-30-25(32-22)21-13-35(14-31-21)15-37(3,4)36/h5-7,9,11-14,17H,3,8,10,15H2,1-2,4H3/t17-,27-,37?/m0/s1. The second-order valence-electron chi connectivity index (χ2n) is 10.7. The minimum Gasteiger partial charge on any atom is -0.325 e. The molecule has 0 radical (unpaired) electrons. The summed E-state index contributed by atoms with van der Waals surface area (Å²) in [5.74, 6) is 3.23. The molecule has 1 saturated carbocycles. The normalized spacial score (nSPS) is 23.1. The second kappa shape index (κ2) is 7.98. The summed E-state index contributed by atoms with van der Waals surface area (Å²) in [6.07, 6.45) is 8.41. The molecule has 3 atom stereocenters. The zero-order chi connectivity index (χ0) is 26.2. The van der Waals surface area contributed by atoms with Crippen LogP contribution in [0.1, 0.15) is 49.6 Å². The third kappa shape index (κ3) is 3.53. The van der Waals surface area contributed by atoms with E-state index in [4.69, 9.17) is 4.98 Å². The fourth-order valence-electron chi connectivity index (χ4n) is 6.34. The Balaban J connectivity index is 1.45. The van der Waals surface area contributed by atoms with Crippen molar-refractivity contribution in [2.45, 2.75) is 43.9 Å². The number of nitrogens with zero attached hydrogens (tertiary/aromatic N) is 6. The van der Waals surface area contributed by atoms with E-state index in [2.05, 4.69) is 39.9 Å². The summed E-state index contributed by atoms with van der Waals surface area (Å²) >= 11 is 0. The van der Waals surface area contributed by atoms with E-state index in [0.29, 0.717) is 11.5 Å². The monoisotopic (exact) mass is 520 g/mol. The highest BCUT2D eigenvalue weighted by molar-refractivity contribution is 7.98. The van der Waals surface area contributed by atoms with Gasteiger partial charge in [0.1, 0.15) is 17.3 Å². The van der Waals surface area contributed by atoms with Gasteiger partial charge in [0, 0.05) is 18.6 Å². The summed E-state index contributed by atoms with van der Waals surface area (Å²) in [5, 5.41) is 8.88. The van der Waals surface area contributed by atoms with Crippen LogP contribution in [0.15, 0.2) is 49.1 Å². The average molecular weight is 521 g/mol. The van der Waals surface area contributed by atoms with Crippen LogP contribution in [0.2, 0.25) is 0 Å². The van der Waals surface area contributed by atoms with E-state index in [1.807, 2.05) is 6.07 Å². The molecule has 0 N–H and O–H groups in total. The van der Waals surface area contributed by atoms with Crippen LogP contribution >= 0.6 is 0 Å². The summed E-state index contributed by atoms with van der Waals surface area (Å²) in [6, 6.07) is 7.49. The number of rotatable bonds is 5. The van der Waals surface area contributed by atoms with Gasteiger partial charge in [-0.25, -0.2) is 23.7 Å². The zero-order valence-corrected chi connectivity index (χ0v) is 21.6. The second-order valence-corrected chi connectivity index (χ2v) is 13.3. The molecule has 7 nitrogen and oxygen atoms in total. The topological polar surface area (TPSA) is 86.5 Å². The minimum atomic E-state index is -2.23. The van der Waals surface area contributed by atoms with Crippen LogP contribution in [0.25, 0.3) is 22.8 Å². The first-order valence-corrected chi connectivity index (χ1v) is 14.3. The molecule has 0 amide bonds. The van der Waals surface area contributed by atoms with Gasteiger partial charge in [0.2, 0.25) is 0 Å². The molecule has 2 bridgehead atoms. The maximum absolute atomic E-state index is 14.5. The number of aromatic nitrogens is 6. The molecule has 1 unspecified atom stereocenters. The van der Waals surface area contributed by atoms with Gasteiger partial charge in [0.15, 0.2) is 5.82 Å². The third-order valence-corrected chi connectivity index (χ3v) is 8.82. The lowest BCUT2D eigenvalue weighted by atomic mass is 9.66. The van der Waals surface area contributed by atoms with Crippen molar-refractivity contribution in [2.75, 3.05) is 6.26 Å². The lowest BCUT2D eigenvalue weighted by Gasteiger charge is -2.37. The summed E-state index contributed by atoms with van der Waals surface area (Å²) < 4.78 is 42.9. The molecule has 6 rings (SSSR count). The molecule has 37 heavy (non-hydrogen) atoms. The average Bonchev–Trinajstić information content (AvgIpc) is 3.45. The Morgan fingerprint density at radius 2 is 1.89 bits per heavy atom. The van der Waals surface area contributed by atoms with Gasteiger partial charge in [-0.2, -0.15) is 5.10 Å². The maximum Gasteiger partial charge on any atom is 0.179 e. The number of benzene rings is 1. The van der Waals surface area contributed by atoms with Crippen LogP contribution < -0.4 is 0 Å². The first-order chi connectivity index (χ1) is 17.5. The van der Waals surface area contributed by atoms with Crippen LogP contribution in [0.3, 0.4) is 0 Å². The van der Waals surface area contributed by atoms with Gasteiger partial charge >= 0.3 is 0 Å². The molecule has 1 aromatic carbocycles. The highest BCUT2D eigenvalue weighted by Crippen LogP contribution is 2.69. The van der Waals surface area contributed by atoms with E-state index < -0.39 is 26.6 Å². The molecule has 4 aromatic rings. The Hall–Kier alpha value is -3.53. The molecule has 10 heteroatoms. The molecule has 0 spiro atoms.